The Morgan fingerprint density at radius 1 is 1.47 bits per heavy atom. The minimum absolute atomic E-state index is 0.650. The Kier molecular flexibility index (Phi) is 4.25. The molecule has 0 unspecified atom stereocenters. The van der Waals surface area contributed by atoms with Crippen molar-refractivity contribution in [2.45, 2.75) is 6.54 Å². The number of anilines is 1. The zero-order valence-electron chi connectivity index (χ0n) is 9.04. The molecule has 1 aromatic carbocycles. The van der Waals surface area contributed by atoms with Gasteiger partial charge in [-0.15, -0.1) is 11.3 Å². The molecule has 1 N–H and O–H groups in total. The van der Waals surface area contributed by atoms with Crippen molar-refractivity contribution in [3.8, 4) is 5.75 Å². The number of benzene rings is 1. The largest absolute Gasteiger partial charge is 0.497 e. The molecule has 0 aliphatic carbocycles. The quantitative estimate of drug-likeness (QED) is 0.911. The Hall–Kier alpha value is -0.780. The average molecular weight is 334 g/mol. The molecule has 6 heteroatoms. The first-order valence-corrected chi connectivity index (χ1v) is 6.85. The summed E-state index contributed by atoms with van der Waals surface area (Å²) in [5, 5.41) is 4.22. The summed E-state index contributed by atoms with van der Waals surface area (Å²) in [6, 6.07) is 5.82. The van der Waals surface area contributed by atoms with Crippen molar-refractivity contribution in [3.05, 3.63) is 38.2 Å². The van der Waals surface area contributed by atoms with Crippen molar-refractivity contribution < 1.29 is 4.74 Å². The summed E-state index contributed by atoms with van der Waals surface area (Å²) < 4.78 is 6.86. The number of rotatable bonds is 4. The fraction of sp³-hybridized carbons (Fsp3) is 0.182. The molecule has 0 atom stereocenters. The Morgan fingerprint density at radius 3 is 2.94 bits per heavy atom. The van der Waals surface area contributed by atoms with Gasteiger partial charge in [0.2, 0.25) is 0 Å². The number of halogens is 2. The Morgan fingerprint density at radius 2 is 2.29 bits per heavy atom. The highest BCUT2D eigenvalue weighted by molar-refractivity contribution is 9.10. The van der Waals surface area contributed by atoms with Gasteiger partial charge in [0.25, 0.3) is 0 Å². The number of ether oxygens (including phenoxy) is 1. The molecule has 0 radical (unpaired) electrons. The van der Waals surface area contributed by atoms with Crippen LogP contribution in [0.25, 0.3) is 0 Å². The maximum Gasteiger partial charge on any atom is 0.122 e. The van der Waals surface area contributed by atoms with E-state index in [1.807, 2.05) is 18.2 Å². The van der Waals surface area contributed by atoms with Gasteiger partial charge in [0.1, 0.15) is 15.1 Å². The van der Waals surface area contributed by atoms with Crippen LogP contribution in [-0.2, 0) is 6.54 Å². The van der Waals surface area contributed by atoms with Crippen LogP contribution in [0.4, 0.5) is 5.69 Å². The van der Waals surface area contributed by atoms with Crippen LogP contribution in [0.15, 0.2) is 28.9 Å². The molecule has 0 bridgehead atoms. The first-order chi connectivity index (χ1) is 8.17. The lowest BCUT2D eigenvalue weighted by molar-refractivity contribution is 0.414. The van der Waals surface area contributed by atoms with Crippen LogP contribution in [-0.4, -0.2) is 12.1 Å². The smallest absolute Gasteiger partial charge is 0.122 e. The Balaban J connectivity index is 2.05. The summed E-state index contributed by atoms with van der Waals surface area (Å²) in [6.45, 7) is 0.650. The third-order valence-electron chi connectivity index (χ3n) is 2.08. The number of hydrogen-bond donors (Lipinski definition) is 1. The number of aromatic nitrogens is 1. The maximum absolute atomic E-state index is 5.82. The van der Waals surface area contributed by atoms with Gasteiger partial charge in [-0.05, 0) is 12.1 Å². The van der Waals surface area contributed by atoms with Crippen LogP contribution in [0.5, 0.6) is 5.75 Å². The minimum Gasteiger partial charge on any atom is -0.497 e. The number of nitrogens with zero attached hydrogens (tertiary/aromatic N) is 1. The van der Waals surface area contributed by atoms with Gasteiger partial charge < -0.3 is 10.1 Å². The fourth-order valence-corrected chi connectivity index (χ4v) is 2.70. The van der Waals surface area contributed by atoms with Gasteiger partial charge in [0.05, 0.1) is 19.9 Å². The Bertz CT molecular complexity index is 518. The monoisotopic (exact) mass is 332 g/mol. The van der Waals surface area contributed by atoms with E-state index in [4.69, 9.17) is 16.3 Å². The molecule has 2 rings (SSSR count). The van der Waals surface area contributed by atoms with Crippen LogP contribution < -0.4 is 10.1 Å². The number of nitrogens with one attached hydrogen (secondary N) is 1. The molecule has 1 aromatic heterocycles. The van der Waals surface area contributed by atoms with Crippen molar-refractivity contribution in [1.29, 1.82) is 0 Å². The average Bonchev–Trinajstić information content (AvgIpc) is 2.72. The summed E-state index contributed by atoms with van der Waals surface area (Å²) in [4.78, 5) is 4.18. The van der Waals surface area contributed by atoms with Gasteiger partial charge >= 0.3 is 0 Å². The summed E-state index contributed by atoms with van der Waals surface area (Å²) in [7, 11) is 1.64. The normalized spacial score (nSPS) is 10.3. The van der Waals surface area contributed by atoms with Crippen molar-refractivity contribution in [2.75, 3.05) is 12.4 Å². The lowest BCUT2D eigenvalue weighted by Crippen LogP contribution is -1.99. The highest BCUT2D eigenvalue weighted by Gasteiger charge is 2.02. The van der Waals surface area contributed by atoms with Gasteiger partial charge in [-0.2, -0.15) is 0 Å². The van der Waals surface area contributed by atoms with Gasteiger partial charge in [0, 0.05) is 16.2 Å². The van der Waals surface area contributed by atoms with E-state index in [-0.39, 0.29) is 0 Å². The first kappa shape index (κ1) is 12.7. The van der Waals surface area contributed by atoms with E-state index in [9.17, 15) is 0 Å². The van der Waals surface area contributed by atoms with Crippen molar-refractivity contribution in [2.24, 2.45) is 0 Å². The molecule has 0 amide bonds. The molecule has 0 aliphatic rings. The van der Waals surface area contributed by atoms with Crippen LogP contribution in [0.2, 0.25) is 4.34 Å². The predicted molar refractivity (Wildman–Crippen MR) is 75.1 cm³/mol. The van der Waals surface area contributed by atoms with E-state index in [1.54, 1.807) is 13.3 Å². The molecule has 3 nitrogen and oxygen atoms in total. The first-order valence-electron chi connectivity index (χ1n) is 4.86. The summed E-state index contributed by atoms with van der Waals surface area (Å²) in [5.74, 6) is 0.805. The van der Waals surface area contributed by atoms with E-state index in [0.29, 0.717) is 10.9 Å². The SMILES string of the molecule is COc1cc(Br)cc(NCc2ncc(Cl)s2)c1. The molecular weight excluding hydrogens is 324 g/mol. The van der Waals surface area contributed by atoms with Crippen LogP contribution in [0, 0.1) is 0 Å². The van der Waals surface area contributed by atoms with Gasteiger partial charge in [-0.3, -0.25) is 0 Å². The standard InChI is InChI=1S/C11H10BrClN2OS/c1-16-9-3-7(12)2-8(4-9)14-6-11-15-5-10(13)17-11/h2-5,14H,6H2,1H3. The van der Waals surface area contributed by atoms with E-state index >= 15 is 0 Å². The molecule has 0 saturated carbocycles. The number of methoxy groups -OCH3 is 1. The topological polar surface area (TPSA) is 34.1 Å². The van der Waals surface area contributed by atoms with Crippen molar-refractivity contribution in [3.63, 3.8) is 0 Å². The van der Waals surface area contributed by atoms with Crippen molar-refractivity contribution in [1.82, 2.24) is 4.98 Å². The molecule has 0 spiro atoms. The molecule has 90 valence electrons. The fourth-order valence-electron chi connectivity index (χ4n) is 1.33. The molecule has 0 saturated heterocycles. The van der Waals surface area contributed by atoms with E-state index in [0.717, 1.165) is 20.9 Å². The number of hydrogen-bond acceptors (Lipinski definition) is 4. The van der Waals surface area contributed by atoms with Gasteiger partial charge in [0.15, 0.2) is 0 Å². The van der Waals surface area contributed by atoms with Gasteiger partial charge in [-0.25, -0.2) is 4.98 Å². The lowest BCUT2D eigenvalue weighted by atomic mass is 10.3. The third-order valence-corrected chi connectivity index (χ3v) is 3.65. The molecular formula is C11H10BrClN2OS. The molecule has 17 heavy (non-hydrogen) atoms. The molecule has 0 aliphatic heterocycles. The second-order valence-corrected chi connectivity index (χ2v) is 5.95. The lowest BCUT2D eigenvalue weighted by Gasteiger charge is -2.07. The van der Waals surface area contributed by atoms with E-state index in [1.165, 1.54) is 11.3 Å². The zero-order valence-corrected chi connectivity index (χ0v) is 12.2. The summed E-state index contributed by atoms with van der Waals surface area (Å²) in [5.41, 5.74) is 0.975. The highest BCUT2D eigenvalue weighted by atomic mass is 79.9. The molecule has 0 fully saturated rings. The van der Waals surface area contributed by atoms with Crippen LogP contribution in [0.3, 0.4) is 0 Å². The highest BCUT2D eigenvalue weighted by Crippen LogP contribution is 2.25. The predicted octanol–water partition coefficient (Wildman–Crippen LogP) is 4.18. The summed E-state index contributed by atoms with van der Waals surface area (Å²) in [6.07, 6.45) is 1.66. The van der Waals surface area contributed by atoms with Crippen LogP contribution in [0.1, 0.15) is 5.01 Å². The van der Waals surface area contributed by atoms with Crippen LogP contribution >= 0.6 is 38.9 Å². The van der Waals surface area contributed by atoms with E-state index in [2.05, 4.69) is 26.2 Å². The second-order valence-electron chi connectivity index (χ2n) is 3.29. The zero-order chi connectivity index (χ0) is 12.3. The summed E-state index contributed by atoms with van der Waals surface area (Å²) >= 11 is 10.7. The molecule has 1 heterocycles. The number of thiazole rings is 1. The maximum atomic E-state index is 5.82. The third kappa shape index (κ3) is 3.59. The van der Waals surface area contributed by atoms with E-state index < -0.39 is 0 Å². The molecule has 2 aromatic rings. The minimum atomic E-state index is 0.650. The van der Waals surface area contributed by atoms with Crippen molar-refractivity contribution >= 4 is 44.6 Å². The second kappa shape index (κ2) is 5.71. The Labute approximate surface area is 117 Å². The van der Waals surface area contributed by atoms with Gasteiger partial charge in [-0.1, -0.05) is 27.5 Å².